The van der Waals surface area contributed by atoms with Gasteiger partial charge in [-0.3, -0.25) is 0 Å². The summed E-state index contributed by atoms with van der Waals surface area (Å²) < 4.78 is 0. The molecular formula is C36H34Si2. The highest BCUT2D eigenvalue weighted by Crippen LogP contribution is 2.22. The topological polar surface area (TPSA) is 0 Å². The molecule has 0 fully saturated rings. The van der Waals surface area contributed by atoms with E-state index in [1.807, 2.05) is 0 Å². The first-order valence-electron chi connectivity index (χ1n) is 13.9. The molecule has 0 aliphatic rings. The monoisotopic (exact) mass is 522 g/mol. The number of hydrogen-bond donors (Lipinski definition) is 0. The molecule has 6 rings (SSSR count). The molecule has 186 valence electrons. The summed E-state index contributed by atoms with van der Waals surface area (Å²) in [6.07, 6.45) is 3.71. The fraction of sp³-hybridized carbons (Fsp3) is 0.111. The van der Waals surface area contributed by atoms with Gasteiger partial charge < -0.3 is 0 Å². The van der Waals surface area contributed by atoms with Gasteiger partial charge in [-0.2, -0.15) is 0 Å². The van der Waals surface area contributed by atoms with Gasteiger partial charge in [-0.1, -0.05) is 168 Å². The molecule has 6 aromatic carbocycles. The maximum atomic E-state index is 2.52. The molecule has 0 N–H and O–H groups in total. The molecule has 38 heavy (non-hydrogen) atoms. The van der Waals surface area contributed by atoms with Crippen LogP contribution < -0.4 is 15.6 Å². The second-order valence-electron chi connectivity index (χ2n) is 10.5. The zero-order valence-corrected chi connectivity index (χ0v) is 24.4. The van der Waals surface area contributed by atoms with E-state index in [-0.39, 0.29) is 0 Å². The molecule has 0 radical (unpaired) electrons. The molecule has 0 aromatic heterocycles. The van der Waals surface area contributed by atoms with Gasteiger partial charge in [0.2, 0.25) is 0 Å². The average molecular weight is 523 g/mol. The Bertz CT molecular complexity index is 1550. The van der Waals surface area contributed by atoms with Crippen LogP contribution in [0.3, 0.4) is 0 Å². The van der Waals surface area contributed by atoms with Gasteiger partial charge in [-0.15, -0.1) is 0 Å². The van der Waals surface area contributed by atoms with Crippen molar-refractivity contribution in [2.75, 3.05) is 0 Å². The predicted molar refractivity (Wildman–Crippen MR) is 172 cm³/mol. The Kier molecular flexibility index (Phi) is 7.62. The standard InChI is InChI=1S/C36H34Si2/c1-3-12-28(13-4-1)14-11-21-36(37-33-19-5-2-6-20-33)38(34-24-22-29-15-7-9-17-31(29)26-34)35-25-23-30-16-8-10-18-32(30)27-35/h1-10,12-13,15-20,22-27,36,38H,11,14,21,37H2. The van der Waals surface area contributed by atoms with Crippen molar-refractivity contribution in [3.63, 3.8) is 0 Å². The van der Waals surface area contributed by atoms with Crippen LogP contribution in [0, 0.1) is 0 Å². The lowest BCUT2D eigenvalue weighted by Gasteiger charge is -2.28. The summed E-state index contributed by atoms with van der Waals surface area (Å²) in [5.41, 5.74) is 1.46. The Labute approximate surface area is 230 Å². The van der Waals surface area contributed by atoms with Crippen molar-refractivity contribution < 1.29 is 0 Å². The smallest absolute Gasteiger partial charge is 0.0669 e. The first-order valence-corrected chi connectivity index (χ1v) is 17.2. The van der Waals surface area contributed by atoms with Crippen molar-refractivity contribution >= 4 is 55.4 Å². The summed E-state index contributed by atoms with van der Waals surface area (Å²) in [7, 11) is -1.99. The van der Waals surface area contributed by atoms with E-state index in [0.29, 0.717) is 0 Å². The van der Waals surface area contributed by atoms with Crippen molar-refractivity contribution in [2.45, 2.75) is 24.4 Å². The highest BCUT2D eigenvalue weighted by atomic mass is 28.3. The van der Waals surface area contributed by atoms with Crippen molar-refractivity contribution in [1.82, 2.24) is 0 Å². The van der Waals surface area contributed by atoms with Crippen LogP contribution in [-0.4, -0.2) is 18.3 Å². The van der Waals surface area contributed by atoms with E-state index in [4.69, 9.17) is 0 Å². The first-order chi connectivity index (χ1) is 18.8. The summed E-state index contributed by atoms with van der Waals surface area (Å²) in [5.74, 6) is 0. The van der Waals surface area contributed by atoms with Crippen molar-refractivity contribution in [3.05, 3.63) is 151 Å². The maximum absolute atomic E-state index is 2.52. The van der Waals surface area contributed by atoms with E-state index in [2.05, 4.69) is 146 Å². The highest BCUT2D eigenvalue weighted by Gasteiger charge is 2.28. The van der Waals surface area contributed by atoms with Crippen LogP contribution in [0.1, 0.15) is 18.4 Å². The molecule has 0 aliphatic carbocycles. The second-order valence-corrected chi connectivity index (χ2v) is 17.0. The van der Waals surface area contributed by atoms with Crippen LogP contribution in [0.25, 0.3) is 21.5 Å². The number of rotatable bonds is 9. The highest BCUT2D eigenvalue weighted by molar-refractivity contribution is 6.93. The third kappa shape index (κ3) is 5.72. The van der Waals surface area contributed by atoms with Crippen LogP contribution in [0.5, 0.6) is 0 Å². The van der Waals surface area contributed by atoms with Gasteiger partial charge in [0.1, 0.15) is 8.80 Å². The lowest BCUT2D eigenvalue weighted by Crippen LogP contribution is -2.49. The summed E-state index contributed by atoms with van der Waals surface area (Å²) in [4.78, 5) is 0. The van der Waals surface area contributed by atoms with E-state index in [1.54, 1.807) is 15.6 Å². The molecule has 1 atom stereocenters. The molecule has 1 unspecified atom stereocenters. The third-order valence-electron chi connectivity index (χ3n) is 7.96. The molecule has 2 heteroatoms. The van der Waals surface area contributed by atoms with Gasteiger partial charge in [0, 0.05) is 0 Å². The zero-order valence-electron chi connectivity index (χ0n) is 21.8. The van der Waals surface area contributed by atoms with Crippen LogP contribution >= 0.6 is 0 Å². The second kappa shape index (κ2) is 11.8. The lowest BCUT2D eigenvalue weighted by atomic mass is 10.1. The molecule has 0 saturated heterocycles. The summed E-state index contributed by atoms with van der Waals surface area (Å²) in [6, 6.07) is 54.8. The SMILES string of the molecule is c1ccc(CCCC([SiH2]c2ccccc2)[SiH](c2ccc3ccccc3c2)c2ccc3ccccc3c2)cc1. The van der Waals surface area contributed by atoms with Crippen LogP contribution in [0.4, 0.5) is 0 Å². The number of benzene rings is 6. The number of aryl methyl sites for hydroxylation is 1. The van der Waals surface area contributed by atoms with Gasteiger partial charge in [0.15, 0.2) is 0 Å². The molecule has 0 spiro atoms. The maximum Gasteiger partial charge on any atom is 0.103 e. The molecule has 6 aromatic rings. The predicted octanol–water partition coefficient (Wildman–Crippen LogP) is 6.18. The van der Waals surface area contributed by atoms with E-state index in [1.165, 1.54) is 39.9 Å². The minimum Gasteiger partial charge on any atom is -0.0669 e. The van der Waals surface area contributed by atoms with Crippen molar-refractivity contribution in [2.24, 2.45) is 0 Å². The number of hydrogen-bond acceptors (Lipinski definition) is 0. The zero-order chi connectivity index (χ0) is 25.6. The molecule has 0 bridgehead atoms. The normalized spacial score (nSPS) is 12.6. The van der Waals surface area contributed by atoms with Gasteiger partial charge in [-0.25, -0.2) is 0 Å². The largest absolute Gasteiger partial charge is 0.103 e. The fourth-order valence-corrected chi connectivity index (χ4v) is 14.5. The van der Waals surface area contributed by atoms with Crippen molar-refractivity contribution in [1.29, 1.82) is 0 Å². The minimum atomic E-state index is -1.51. The van der Waals surface area contributed by atoms with Crippen LogP contribution in [0.15, 0.2) is 146 Å². The van der Waals surface area contributed by atoms with Gasteiger partial charge in [0.25, 0.3) is 0 Å². The van der Waals surface area contributed by atoms with Gasteiger partial charge >= 0.3 is 0 Å². The Balaban J connectivity index is 1.42. The van der Waals surface area contributed by atoms with Crippen molar-refractivity contribution in [3.8, 4) is 0 Å². The molecule has 0 heterocycles. The quantitative estimate of drug-likeness (QED) is 0.199. The van der Waals surface area contributed by atoms with E-state index in [0.717, 1.165) is 11.6 Å². The molecular weight excluding hydrogens is 489 g/mol. The summed E-state index contributed by atoms with van der Waals surface area (Å²) in [5, 5.41) is 11.0. The fourth-order valence-electron chi connectivity index (χ4n) is 6.06. The van der Waals surface area contributed by atoms with Gasteiger partial charge in [-0.05, 0) is 45.1 Å². The third-order valence-corrected chi connectivity index (χ3v) is 15.4. The number of fused-ring (bicyclic) bond motifs is 2. The molecule has 0 aliphatic heterocycles. The van der Waals surface area contributed by atoms with Crippen LogP contribution in [0.2, 0.25) is 5.16 Å². The Morgan fingerprint density at radius 1 is 0.500 bits per heavy atom. The minimum absolute atomic E-state index is 0.474. The molecule has 0 amide bonds. The average Bonchev–Trinajstić information content (AvgIpc) is 2.98. The van der Waals surface area contributed by atoms with E-state index >= 15 is 0 Å². The molecule has 0 saturated carbocycles. The van der Waals surface area contributed by atoms with E-state index in [9.17, 15) is 0 Å². The Morgan fingerprint density at radius 2 is 1.00 bits per heavy atom. The summed E-state index contributed by atoms with van der Waals surface area (Å²) in [6.45, 7) is 0. The first kappa shape index (κ1) is 24.6. The molecule has 0 nitrogen and oxygen atoms in total. The lowest BCUT2D eigenvalue weighted by molar-refractivity contribution is 0.766. The van der Waals surface area contributed by atoms with E-state index < -0.39 is 18.3 Å². The van der Waals surface area contributed by atoms with Crippen LogP contribution in [-0.2, 0) is 6.42 Å². The van der Waals surface area contributed by atoms with Gasteiger partial charge in [0.05, 0.1) is 9.52 Å². The summed E-state index contributed by atoms with van der Waals surface area (Å²) >= 11 is 0. The Hall–Kier alpha value is -3.73. The Morgan fingerprint density at radius 3 is 1.58 bits per heavy atom.